The first-order valence-electron chi connectivity index (χ1n) is 11.2. The number of fused-ring (bicyclic) bond motifs is 8. The molecule has 1 aliphatic carbocycles. The highest BCUT2D eigenvalue weighted by molar-refractivity contribution is 6.14. The predicted molar refractivity (Wildman–Crippen MR) is 134 cm³/mol. The summed E-state index contributed by atoms with van der Waals surface area (Å²) in [6, 6.07) is 31.0. The molecule has 0 N–H and O–H groups in total. The van der Waals surface area contributed by atoms with Crippen molar-refractivity contribution in [3.8, 4) is 16.8 Å². The molecule has 0 radical (unpaired) electrons. The number of para-hydroxylation sites is 1. The first-order chi connectivity index (χ1) is 15.6. The second-order valence-corrected chi connectivity index (χ2v) is 9.32. The van der Waals surface area contributed by atoms with E-state index in [0.29, 0.717) is 0 Å². The molecule has 0 amide bonds. The summed E-state index contributed by atoms with van der Waals surface area (Å²) in [5, 5.41) is 5.26. The van der Waals surface area contributed by atoms with E-state index in [4.69, 9.17) is 0 Å². The van der Waals surface area contributed by atoms with Crippen LogP contribution in [0.3, 0.4) is 0 Å². The van der Waals surface area contributed by atoms with Crippen LogP contribution in [-0.4, -0.2) is 9.55 Å². The molecule has 0 saturated heterocycles. The molecule has 4 aromatic carbocycles. The Morgan fingerprint density at radius 3 is 2.31 bits per heavy atom. The molecule has 0 spiro atoms. The van der Waals surface area contributed by atoms with Gasteiger partial charge in [0.25, 0.3) is 0 Å². The van der Waals surface area contributed by atoms with E-state index in [-0.39, 0.29) is 5.41 Å². The van der Waals surface area contributed by atoms with Gasteiger partial charge in [-0.25, -0.2) is 0 Å². The Hall–Kier alpha value is -3.91. The third-order valence-corrected chi connectivity index (χ3v) is 7.22. The zero-order chi connectivity index (χ0) is 21.4. The van der Waals surface area contributed by atoms with Gasteiger partial charge in [-0.2, -0.15) is 0 Å². The van der Waals surface area contributed by atoms with E-state index in [9.17, 15) is 0 Å². The SMILES string of the molecule is CC1(C)c2cc3ccccc3cc2-c2ccc3c(c21)c1ccccc1n3-c1cccnc1. The molecular formula is C30H22N2. The summed E-state index contributed by atoms with van der Waals surface area (Å²) in [6.07, 6.45) is 3.78. The summed E-state index contributed by atoms with van der Waals surface area (Å²) in [7, 11) is 0. The molecule has 0 fully saturated rings. The van der Waals surface area contributed by atoms with Crippen LogP contribution in [-0.2, 0) is 5.41 Å². The standard InChI is InChI=1S/C30H22N2/c1-30(2)25-17-20-9-4-3-8-19(20)16-24(25)22-13-14-27-28(29(22)30)23-11-5-6-12-26(23)32(27)21-10-7-15-31-18-21/h3-18H,1-2H3. The largest absolute Gasteiger partial charge is 0.308 e. The molecule has 2 heterocycles. The molecule has 2 heteroatoms. The van der Waals surface area contributed by atoms with Crippen molar-refractivity contribution < 1.29 is 0 Å². The van der Waals surface area contributed by atoms with Crippen LogP contribution >= 0.6 is 0 Å². The van der Waals surface area contributed by atoms with Gasteiger partial charge in [0.05, 0.1) is 22.9 Å². The van der Waals surface area contributed by atoms with Gasteiger partial charge in [-0.05, 0) is 69.4 Å². The van der Waals surface area contributed by atoms with Gasteiger partial charge in [-0.15, -0.1) is 0 Å². The minimum Gasteiger partial charge on any atom is -0.308 e. The lowest BCUT2D eigenvalue weighted by Gasteiger charge is -2.23. The van der Waals surface area contributed by atoms with Crippen LogP contribution in [0, 0.1) is 0 Å². The number of aromatic nitrogens is 2. The lowest BCUT2D eigenvalue weighted by atomic mass is 9.80. The average molecular weight is 411 g/mol. The van der Waals surface area contributed by atoms with Gasteiger partial charge in [-0.1, -0.05) is 62.4 Å². The van der Waals surface area contributed by atoms with Crippen molar-refractivity contribution >= 4 is 32.6 Å². The Kier molecular flexibility index (Phi) is 3.37. The van der Waals surface area contributed by atoms with Gasteiger partial charge >= 0.3 is 0 Å². The number of pyridine rings is 1. The zero-order valence-corrected chi connectivity index (χ0v) is 18.1. The molecule has 32 heavy (non-hydrogen) atoms. The van der Waals surface area contributed by atoms with Crippen LogP contribution in [0.25, 0.3) is 49.4 Å². The average Bonchev–Trinajstić information content (AvgIpc) is 3.27. The Bertz CT molecular complexity index is 1690. The van der Waals surface area contributed by atoms with Crippen LogP contribution in [0.4, 0.5) is 0 Å². The predicted octanol–water partition coefficient (Wildman–Crippen LogP) is 7.64. The van der Waals surface area contributed by atoms with E-state index in [1.54, 1.807) is 0 Å². The van der Waals surface area contributed by atoms with Crippen molar-refractivity contribution in [2.24, 2.45) is 0 Å². The maximum atomic E-state index is 4.40. The van der Waals surface area contributed by atoms with E-state index < -0.39 is 0 Å². The van der Waals surface area contributed by atoms with Gasteiger partial charge < -0.3 is 4.57 Å². The molecule has 152 valence electrons. The summed E-state index contributed by atoms with van der Waals surface area (Å²) in [5.74, 6) is 0. The van der Waals surface area contributed by atoms with E-state index in [0.717, 1.165) is 5.69 Å². The maximum absolute atomic E-state index is 4.40. The van der Waals surface area contributed by atoms with E-state index in [1.807, 2.05) is 18.5 Å². The van der Waals surface area contributed by atoms with Gasteiger partial charge in [-0.3, -0.25) is 4.98 Å². The van der Waals surface area contributed by atoms with Gasteiger partial charge in [0.15, 0.2) is 0 Å². The first-order valence-corrected chi connectivity index (χ1v) is 11.2. The lowest BCUT2D eigenvalue weighted by molar-refractivity contribution is 0.667. The van der Waals surface area contributed by atoms with Crippen molar-refractivity contribution in [1.29, 1.82) is 0 Å². The zero-order valence-electron chi connectivity index (χ0n) is 18.1. The summed E-state index contributed by atoms with van der Waals surface area (Å²) in [5.41, 5.74) is 9.04. The number of nitrogens with zero attached hydrogens (tertiary/aromatic N) is 2. The molecular weight excluding hydrogens is 388 g/mol. The number of hydrogen-bond donors (Lipinski definition) is 0. The number of benzene rings is 4. The lowest BCUT2D eigenvalue weighted by Crippen LogP contribution is -2.15. The smallest absolute Gasteiger partial charge is 0.0645 e. The Morgan fingerprint density at radius 2 is 1.50 bits per heavy atom. The molecule has 0 atom stereocenters. The fourth-order valence-corrected chi connectivity index (χ4v) is 5.81. The van der Waals surface area contributed by atoms with E-state index in [1.165, 1.54) is 54.8 Å². The van der Waals surface area contributed by atoms with Crippen LogP contribution in [0.2, 0.25) is 0 Å². The maximum Gasteiger partial charge on any atom is 0.0645 e. The monoisotopic (exact) mass is 410 g/mol. The van der Waals surface area contributed by atoms with Crippen LogP contribution < -0.4 is 0 Å². The third kappa shape index (κ3) is 2.17. The van der Waals surface area contributed by atoms with E-state index in [2.05, 4.69) is 102 Å². The second-order valence-electron chi connectivity index (χ2n) is 9.32. The van der Waals surface area contributed by atoms with Gasteiger partial charge in [0.1, 0.15) is 0 Å². The molecule has 0 bridgehead atoms. The Morgan fingerprint density at radius 1 is 0.719 bits per heavy atom. The number of hydrogen-bond acceptors (Lipinski definition) is 1. The van der Waals surface area contributed by atoms with Crippen molar-refractivity contribution in [3.05, 3.63) is 108 Å². The molecule has 1 aliphatic rings. The minimum atomic E-state index is -0.0852. The highest BCUT2D eigenvalue weighted by Crippen LogP contribution is 2.54. The minimum absolute atomic E-state index is 0.0852. The normalized spacial score (nSPS) is 14.2. The summed E-state index contributed by atoms with van der Waals surface area (Å²) in [4.78, 5) is 4.40. The second kappa shape index (κ2) is 6.08. The molecule has 6 aromatic rings. The number of rotatable bonds is 1. The Labute approximate surface area is 186 Å². The molecule has 0 saturated carbocycles. The third-order valence-electron chi connectivity index (χ3n) is 7.22. The van der Waals surface area contributed by atoms with Crippen LogP contribution in [0.1, 0.15) is 25.0 Å². The van der Waals surface area contributed by atoms with Gasteiger partial charge in [0.2, 0.25) is 0 Å². The summed E-state index contributed by atoms with van der Waals surface area (Å²) in [6.45, 7) is 4.75. The van der Waals surface area contributed by atoms with Crippen molar-refractivity contribution in [3.63, 3.8) is 0 Å². The topological polar surface area (TPSA) is 17.8 Å². The highest BCUT2D eigenvalue weighted by Gasteiger charge is 2.38. The summed E-state index contributed by atoms with van der Waals surface area (Å²) < 4.78 is 2.35. The van der Waals surface area contributed by atoms with Crippen molar-refractivity contribution in [1.82, 2.24) is 9.55 Å². The van der Waals surface area contributed by atoms with E-state index >= 15 is 0 Å². The summed E-state index contributed by atoms with van der Waals surface area (Å²) >= 11 is 0. The molecule has 2 aromatic heterocycles. The molecule has 0 unspecified atom stereocenters. The fraction of sp³-hybridized carbons (Fsp3) is 0.100. The molecule has 2 nitrogen and oxygen atoms in total. The Balaban J connectivity index is 1.65. The first kappa shape index (κ1) is 17.7. The van der Waals surface area contributed by atoms with Crippen molar-refractivity contribution in [2.45, 2.75) is 19.3 Å². The quantitative estimate of drug-likeness (QED) is 0.272. The molecule has 0 aliphatic heterocycles. The van der Waals surface area contributed by atoms with Crippen LogP contribution in [0.15, 0.2) is 97.3 Å². The molecule has 7 rings (SSSR count). The fourth-order valence-electron chi connectivity index (χ4n) is 5.81. The van der Waals surface area contributed by atoms with Crippen LogP contribution in [0.5, 0.6) is 0 Å². The van der Waals surface area contributed by atoms with Gasteiger partial charge in [0, 0.05) is 22.4 Å². The van der Waals surface area contributed by atoms with Crippen molar-refractivity contribution in [2.75, 3.05) is 0 Å². The highest BCUT2D eigenvalue weighted by atomic mass is 15.0.